The highest BCUT2D eigenvalue weighted by Gasteiger charge is 2.41. The van der Waals surface area contributed by atoms with Crippen LogP contribution in [0.15, 0.2) is 30.5 Å². The van der Waals surface area contributed by atoms with Crippen LogP contribution in [0.4, 0.5) is 0 Å². The molecule has 0 unspecified atom stereocenters. The lowest BCUT2D eigenvalue weighted by molar-refractivity contribution is -0.160. The fraction of sp³-hybridized carbons (Fsp3) is 0.700. The van der Waals surface area contributed by atoms with E-state index < -0.39 is 6.10 Å². The molecule has 0 aromatic rings. The van der Waals surface area contributed by atoms with Crippen molar-refractivity contribution in [2.75, 3.05) is 13.9 Å². The molecule has 0 N–H and O–H groups in total. The molecule has 2 aliphatic rings. The van der Waals surface area contributed by atoms with Gasteiger partial charge >= 0.3 is 5.97 Å². The molecule has 0 radical (unpaired) electrons. The minimum absolute atomic E-state index is 0.113. The molecular weight excluding hydrogens is 334 g/mol. The van der Waals surface area contributed by atoms with Gasteiger partial charge in [0.25, 0.3) is 0 Å². The van der Waals surface area contributed by atoms with Gasteiger partial charge in [-0.1, -0.05) is 17.3 Å². The number of rotatable bonds is 11. The fourth-order valence-corrected chi connectivity index (χ4v) is 3.59. The van der Waals surface area contributed by atoms with Crippen molar-refractivity contribution in [3.8, 4) is 0 Å². The van der Waals surface area contributed by atoms with Crippen LogP contribution in [0, 0.1) is 11.8 Å². The molecule has 5 atom stereocenters. The molecule has 0 saturated heterocycles. The molecular formula is C20H31NO5. The van der Waals surface area contributed by atoms with E-state index in [-0.39, 0.29) is 36.8 Å². The summed E-state index contributed by atoms with van der Waals surface area (Å²) in [6, 6.07) is 0. The molecule has 1 aliphatic carbocycles. The normalized spacial score (nSPS) is 28.9. The minimum Gasteiger partial charge on any atom is -0.460 e. The van der Waals surface area contributed by atoms with Crippen LogP contribution < -0.4 is 0 Å². The number of hydrogen-bond donors (Lipinski definition) is 0. The molecule has 6 heteroatoms. The first-order valence-corrected chi connectivity index (χ1v) is 9.36. The third-order valence-corrected chi connectivity index (χ3v) is 5.01. The Hall–Kier alpha value is -1.66. The van der Waals surface area contributed by atoms with E-state index in [9.17, 15) is 4.79 Å². The maximum Gasteiger partial charge on any atom is 0.350 e. The third kappa shape index (κ3) is 5.68. The SMILES string of the molecule is C=CCCC[C@H](C)OC(=O)[C@H]1CC([C@@H]2C[C@@H](OCOC)C[C@H]2C=C)=NO1. The van der Waals surface area contributed by atoms with Crippen molar-refractivity contribution in [1.29, 1.82) is 0 Å². The highest BCUT2D eigenvalue weighted by Crippen LogP contribution is 2.38. The molecule has 146 valence electrons. The molecule has 1 aliphatic heterocycles. The Bertz CT molecular complexity index is 518. The Morgan fingerprint density at radius 3 is 2.92 bits per heavy atom. The van der Waals surface area contributed by atoms with Crippen LogP contribution in [0.5, 0.6) is 0 Å². The van der Waals surface area contributed by atoms with Gasteiger partial charge in [0.05, 0.1) is 17.9 Å². The second-order valence-corrected chi connectivity index (χ2v) is 7.02. The van der Waals surface area contributed by atoms with Gasteiger partial charge in [0, 0.05) is 19.4 Å². The van der Waals surface area contributed by atoms with Crippen molar-refractivity contribution < 1.29 is 23.8 Å². The number of ether oxygens (including phenoxy) is 3. The summed E-state index contributed by atoms with van der Waals surface area (Å²) in [7, 11) is 1.61. The van der Waals surface area contributed by atoms with Crippen molar-refractivity contribution in [2.45, 2.75) is 63.8 Å². The van der Waals surface area contributed by atoms with Crippen molar-refractivity contribution in [3.63, 3.8) is 0 Å². The van der Waals surface area contributed by atoms with E-state index in [4.69, 9.17) is 19.0 Å². The van der Waals surface area contributed by atoms with E-state index in [1.54, 1.807) is 7.11 Å². The summed E-state index contributed by atoms with van der Waals surface area (Å²) >= 11 is 0. The van der Waals surface area contributed by atoms with Gasteiger partial charge in [0.15, 0.2) is 0 Å². The second kappa shape index (κ2) is 10.5. The van der Waals surface area contributed by atoms with E-state index in [1.165, 1.54) is 0 Å². The maximum absolute atomic E-state index is 12.3. The van der Waals surface area contributed by atoms with Crippen LogP contribution in [0.1, 0.15) is 45.4 Å². The van der Waals surface area contributed by atoms with Crippen LogP contribution in [-0.2, 0) is 23.8 Å². The van der Waals surface area contributed by atoms with Gasteiger partial charge in [-0.2, -0.15) is 0 Å². The standard InChI is InChI=1S/C20H31NO5/c1-5-7-8-9-14(3)25-20(22)19-12-18(21-26-19)17-11-16(24-13-23-4)10-15(17)6-2/h5-6,14-17,19H,1-2,7-13H2,3-4H3/t14-,15+,16-,17+,19+/m0/s1. The first kappa shape index (κ1) is 20.6. The number of hydrogen-bond acceptors (Lipinski definition) is 6. The molecule has 0 aromatic heterocycles. The largest absolute Gasteiger partial charge is 0.460 e. The molecule has 0 amide bonds. The van der Waals surface area contributed by atoms with E-state index in [2.05, 4.69) is 18.3 Å². The molecule has 6 nitrogen and oxygen atoms in total. The molecule has 2 rings (SSSR count). The Labute approximate surface area is 156 Å². The van der Waals surface area contributed by atoms with Crippen molar-refractivity contribution in [2.24, 2.45) is 17.0 Å². The lowest BCUT2D eigenvalue weighted by atomic mass is 9.89. The molecule has 1 fully saturated rings. The van der Waals surface area contributed by atoms with Crippen LogP contribution in [0.25, 0.3) is 0 Å². The van der Waals surface area contributed by atoms with Crippen molar-refractivity contribution in [1.82, 2.24) is 0 Å². The van der Waals surface area contributed by atoms with E-state index in [0.29, 0.717) is 6.42 Å². The quantitative estimate of drug-likeness (QED) is 0.242. The molecule has 0 aromatic carbocycles. The lowest BCUT2D eigenvalue weighted by Crippen LogP contribution is -2.28. The van der Waals surface area contributed by atoms with Crippen LogP contribution in [0.3, 0.4) is 0 Å². The van der Waals surface area contributed by atoms with E-state index >= 15 is 0 Å². The van der Waals surface area contributed by atoms with Gasteiger partial charge in [-0.05, 0) is 44.9 Å². The molecule has 26 heavy (non-hydrogen) atoms. The van der Waals surface area contributed by atoms with Gasteiger partial charge < -0.3 is 19.0 Å². The zero-order valence-corrected chi connectivity index (χ0v) is 15.9. The molecule has 1 saturated carbocycles. The minimum atomic E-state index is -0.642. The number of methoxy groups -OCH3 is 1. The summed E-state index contributed by atoms with van der Waals surface area (Å²) in [5.74, 6) is 0.124. The summed E-state index contributed by atoms with van der Waals surface area (Å²) in [5, 5.41) is 4.18. The van der Waals surface area contributed by atoms with Gasteiger partial charge in [-0.25, -0.2) is 4.79 Å². The highest BCUT2D eigenvalue weighted by atomic mass is 16.7. The molecule has 0 bridgehead atoms. The van der Waals surface area contributed by atoms with Crippen LogP contribution in [0.2, 0.25) is 0 Å². The topological polar surface area (TPSA) is 66.4 Å². The number of nitrogens with zero attached hydrogens (tertiary/aromatic N) is 1. The smallest absolute Gasteiger partial charge is 0.350 e. The predicted octanol–water partition coefficient (Wildman–Crippen LogP) is 3.62. The summed E-state index contributed by atoms with van der Waals surface area (Å²) in [6.07, 6.45) is 8.04. The lowest BCUT2D eigenvalue weighted by Gasteiger charge is -2.16. The van der Waals surface area contributed by atoms with Gasteiger partial charge in [-0.15, -0.1) is 13.2 Å². The number of carbonyl (C=O) groups is 1. The second-order valence-electron chi connectivity index (χ2n) is 7.02. The summed E-state index contributed by atoms with van der Waals surface area (Å²) in [5.41, 5.74) is 0.902. The van der Waals surface area contributed by atoms with Crippen LogP contribution in [-0.4, -0.2) is 43.9 Å². The number of unbranched alkanes of at least 4 members (excludes halogenated alkanes) is 1. The number of carbonyl (C=O) groups excluding carboxylic acids is 1. The zero-order chi connectivity index (χ0) is 18.9. The number of esters is 1. The first-order valence-electron chi connectivity index (χ1n) is 9.36. The van der Waals surface area contributed by atoms with Gasteiger partial charge in [0.2, 0.25) is 6.10 Å². The molecule has 1 heterocycles. The average molecular weight is 365 g/mol. The zero-order valence-electron chi connectivity index (χ0n) is 15.9. The maximum atomic E-state index is 12.3. The average Bonchev–Trinajstić information content (AvgIpc) is 3.26. The third-order valence-electron chi connectivity index (χ3n) is 5.01. The van der Waals surface area contributed by atoms with Gasteiger partial charge in [0.1, 0.15) is 6.79 Å². The molecule has 0 spiro atoms. The van der Waals surface area contributed by atoms with Crippen molar-refractivity contribution in [3.05, 3.63) is 25.3 Å². The van der Waals surface area contributed by atoms with Crippen molar-refractivity contribution >= 4 is 11.7 Å². The highest BCUT2D eigenvalue weighted by molar-refractivity contribution is 5.93. The number of allylic oxidation sites excluding steroid dienone is 2. The van der Waals surface area contributed by atoms with E-state index in [0.717, 1.165) is 37.8 Å². The Morgan fingerprint density at radius 2 is 2.23 bits per heavy atom. The van der Waals surface area contributed by atoms with Gasteiger partial charge in [-0.3, -0.25) is 0 Å². The van der Waals surface area contributed by atoms with E-state index in [1.807, 2.05) is 19.1 Å². The Kier molecular flexibility index (Phi) is 8.32. The summed E-state index contributed by atoms with van der Waals surface area (Å²) in [4.78, 5) is 17.7. The summed E-state index contributed by atoms with van der Waals surface area (Å²) < 4.78 is 16.2. The first-order chi connectivity index (χ1) is 12.6. The Morgan fingerprint density at radius 1 is 1.42 bits per heavy atom. The fourth-order valence-electron chi connectivity index (χ4n) is 3.59. The summed E-state index contributed by atoms with van der Waals surface area (Å²) in [6.45, 7) is 9.81. The predicted molar refractivity (Wildman–Crippen MR) is 99.7 cm³/mol. The monoisotopic (exact) mass is 365 g/mol. The number of oxime groups is 1. The van der Waals surface area contributed by atoms with Crippen LogP contribution >= 0.6 is 0 Å². The Balaban J connectivity index is 1.81.